The number of hydrogen-bond acceptors (Lipinski definition) is 5. The van der Waals surface area contributed by atoms with Crippen LogP contribution in [0, 0.1) is 0 Å². The minimum atomic E-state index is -0.408. The minimum Gasteiger partial charge on any atom is -0.412 e. The summed E-state index contributed by atoms with van der Waals surface area (Å²) < 4.78 is 15.9. The predicted molar refractivity (Wildman–Crippen MR) is 75.9 cm³/mol. The number of rotatable bonds is 5. The van der Waals surface area contributed by atoms with Crippen molar-refractivity contribution in [2.24, 2.45) is 21.1 Å². The zero-order chi connectivity index (χ0) is 15.7. The standard InChI is InChI=1S/C12H17N4O4.Hg.H2O/c1-7(19-5)6-20-11-13-9-8(14(11)2)10(17)16(4)12(18)15(9)3;;/h7H,1,6H2,2-5H3;;1H2. The Hall–Kier alpha value is -1.19. The Kier molecular flexibility index (Phi) is 6.32. The van der Waals surface area contributed by atoms with Crippen LogP contribution in [-0.4, -0.2) is 44.0 Å². The Balaban J connectivity index is 0.00000242. The Labute approximate surface area is 142 Å². The van der Waals surface area contributed by atoms with E-state index in [4.69, 9.17) is 9.47 Å². The molecule has 22 heavy (non-hydrogen) atoms. The third-order valence-corrected chi connectivity index (χ3v) is 5.99. The molecule has 2 heterocycles. The third kappa shape index (κ3) is 3.11. The van der Waals surface area contributed by atoms with Crippen molar-refractivity contribution in [1.29, 1.82) is 0 Å². The molecule has 2 N–H and O–H groups in total. The number of methoxy groups -OCH3 is 1. The van der Waals surface area contributed by atoms with Gasteiger partial charge in [0.05, 0.1) is 0 Å². The summed E-state index contributed by atoms with van der Waals surface area (Å²) in [4.78, 5) is 28.4. The molecule has 2 rings (SSSR count). The van der Waals surface area contributed by atoms with Gasteiger partial charge in [-0.15, -0.1) is 0 Å². The van der Waals surface area contributed by atoms with Gasteiger partial charge in [-0.25, -0.2) is 0 Å². The molecule has 0 aromatic carbocycles. The fraction of sp³-hybridized carbons (Fsp3) is 0.583. The van der Waals surface area contributed by atoms with E-state index in [0.717, 1.165) is 8.50 Å². The van der Waals surface area contributed by atoms with Crippen LogP contribution in [0.15, 0.2) is 9.59 Å². The first-order chi connectivity index (χ1) is 9.92. The van der Waals surface area contributed by atoms with Crippen molar-refractivity contribution < 1.29 is 41.1 Å². The number of hydrogen-bond donors (Lipinski definition) is 0. The molecular weight excluding hydrogens is 481 g/mol. The van der Waals surface area contributed by atoms with Gasteiger partial charge in [0.25, 0.3) is 0 Å². The first-order valence-corrected chi connectivity index (χ1v) is 10.4. The molecule has 0 spiro atoms. The summed E-state index contributed by atoms with van der Waals surface area (Å²) in [7, 11) is 6.37. The van der Waals surface area contributed by atoms with Crippen molar-refractivity contribution in [3.8, 4) is 6.01 Å². The molecule has 0 fully saturated rings. The Morgan fingerprint density at radius 2 is 1.82 bits per heavy atom. The van der Waals surface area contributed by atoms with Crippen LogP contribution >= 0.6 is 0 Å². The quantitative estimate of drug-likeness (QED) is 0.465. The van der Waals surface area contributed by atoms with Gasteiger partial charge >= 0.3 is 137 Å². The first kappa shape index (κ1) is 18.9. The van der Waals surface area contributed by atoms with Crippen LogP contribution in [0.25, 0.3) is 11.2 Å². The van der Waals surface area contributed by atoms with Gasteiger partial charge in [0.1, 0.15) is 0 Å². The monoisotopic (exact) mass is 501 g/mol. The molecule has 1 atom stereocenters. The second-order valence-electron chi connectivity index (χ2n) is 4.79. The second kappa shape index (κ2) is 7.38. The topological polar surface area (TPSA) is 112 Å². The number of fused-ring (bicyclic) bond motifs is 1. The Bertz CT molecular complexity index is 774. The molecule has 0 amide bonds. The maximum Gasteiger partial charge on any atom is -0.412 e. The summed E-state index contributed by atoms with van der Waals surface area (Å²) in [6.07, 6.45) is 0.0415. The molecule has 0 aliphatic rings. The van der Waals surface area contributed by atoms with Crippen molar-refractivity contribution in [1.82, 2.24) is 18.7 Å². The van der Waals surface area contributed by atoms with Crippen LogP contribution in [0.5, 0.6) is 6.01 Å². The second-order valence-corrected chi connectivity index (χ2v) is 7.03. The first-order valence-electron chi connectivity index (χ1n) is 6.49. The van der Waals surface area contributed by atoms with E-state index in [-0.39, 0.29) is 17.1 Å². The van der Waals surface area contributed by atoms with E-state index in [2.05, 4.69) is 4.98 Å². The van der Waals surface area contributed by atoms with E-state index in [1.807, 2.05) is 0 Å². The van der Waals surface area contributed by atoms with Crippen LogP contribution in [-0.2, 0) is 52.0 Å². The van der Waals surface area contributed by atoms with Crippen LogP contribution in [0.1, 0.15) is 0 Å². The summed E-state index contributed by atoms with van der Waals surface area (Å²) in [6.45, 7) is 0.380. The van der Waals surface area contributed by atoms with Gasteiger partial charge < -0.3 is 5.48 Å². The minimum absolute atomic E-state index is 0. The average molecular weight is 500 g/mol. The molecule has 0 saturated carbocycles. The Morgan fingerprint density at radius 1 is 1.18 bits per heavy atom. The summed E-state index contributed by atoms with van der Waals surface area (Å²) in [5.41, 5.74) is -0.122. The van der Waals surface area contributed by atoms with Crippen LogP contribution in [0.2, 0.25) is 3.93 Å². The van der Waals surface area contributed by atoms with Crippen molar-refractivity contribution in [2.45, 2.75) is 10.0 Å². The number of aryl methyl sites for hydroxylation is 2. The van der Waals surface area contributed by atoms with E-state index in [1.165, 1.54) is 11.6 Å². The Morgan fingerprint density at radius 3 is 2.36 bits per heavy atom. The van der Waals surface area contributed by atoms with E-state index in [1.54, 1.807) is 25.8 Å². The van der Waals surface area contributed by atoms with Gasteiger partial charge in [0, 0.05) is 0 Å². The van der Waals surface area contributed by atoms with E-state index in [9.17, 15) is 9.59 Å². The smallest absolute Gasteiger partial charge is 0.412 e. The van der Waals surface area contributed by atoms with Crippen molar-refractivity contribution >= 4 is 11.2 Å². The molecule has 0 saturated heterocycles. The zero-order valence-corrected chi connectivity index (χ0v) is 18.6. The van der Waals surface area contributed by atoms with Gasteiger partial charge in [-0.2, -0.15) is 0 Å². The molecule has 1 unspecified atom stereocenters. The SMILES string of the molecule is COC([CH2][Hg])COc1nc2c(c(=O)n(C)c(=O)n2C)n1C.O. The summed E-state index contributed by atoms with van der Waals surface area (Å²) in [5, 5.41) is 0. The van der Waals surface area contributed by atoms with E-state index < -0.39 is 5.69 Å². The summed E-state index contributed by atoms with van der Waals surface area (Å²) in [5.74, 6) is 0. The normalized spacial score (nSPS) is 12.3. The fourth-order valence-electron chi connectivity index (χ4n) is 2.06. The van der Waals surface area contributed by atoms with Gasteiger partial charge in [-0.1, -0.05) is 0 Å². The van der Waals surface area contributed by atoms with Gasteiger partial charge in [-0.05, 0) is 0 Å². The number of imidazole rings is 1. The van der Waals surface area contributed by atoms with Crippen molar-refractivity contribution in [3.05, 3.63) is 20.8 Å². The zero-order valence-electron chi connectivity index (χ0n) is 13.1. The van der Waals surface area contributed by atoms with Crippen LogP contribution < -0.4 is 16.0 Å². The largest absolute Gasteiger partial charge is 0.412 e. The van der Waals surface area contributed by atoms with Crippen LogP contribution in [0.4, 0.5) is 0 Å². The molecule has 9 nitrogen and oxygen atoms in total. The van der Waals surface area contributed by atoms with Crippen molar-refractivity contribution in [2.75, 3.05) is 13.7 Å². The summed E-state index contributed by atoms with van der Waals surface area (Å²) in [6, 6.07) is 0.312. The molecule has 0 radical (unpaired) electrons. The van der Waals surface area contributed by atoms with E-state index >= 15 is 0 Å². The van der Waals surface area contributed by atoms with Gasteiger partial charge in [0.15, 0.2) is 0 Å². The predicted octanol–water partition coefficient (Wildman–Crippen LogP) is -1.50. The molecule has 0 aliphatic heterocycles. The molecule has 119 valence electrons. The number of ether oxygens (including phenoxy) is 2. The van der Waals surface area contributed by atoms with E-state index in [0.29, 0.717) is 49.9 Å². The number of nitrogens with zero attached hydrogens (tertiary/aromatic N) is 4. The van der Waals surface area contributed by atoms with Gasteiger partial charge in [0.2, 0.25) is 0 Å². The maximum atomic E-state index is 12.2. The number of aromatic nitrogens is 4. The molecule has 2 aromatic heterocycles. The molecule has 0 aliphatic carbocycles. The van der Waals surface area contributed by atoms with Crippen LogP contribution in [0.3, 0.4) is 0 Å². The molecular formula is C12H19HgN4O5. The molecule has 10 heteroatoms. The third-order valence-electron chi connectivity index (χ3n) is 3.49. The fourth-order valence-corrected chi connectivity index (χ4v) is 3.63. The molecule has 0 bridgehead atoms. The van der Waals surface area contributed by atoms with Gasteiger partial charge in [-0.3, -0.25) is 0 Å². The maximum absolute atomic E-state index is 12.2. The average Bonchev–Trinajstić information content (AvgIpc) is 2.81. The summed E-state index contributed by atoms with van der Waals surface area (Å²) >= 11 is 0.621. The molecule has 2 aromatic rings. The van der Waals surface area contributed by atoms with Crippen molar-refractivity contribution in [3.63, 3.8) is 0 Å².